The molecule has 0 aliphatic heterocycles. The Balaban J connectivity index is 1.79. The summed E-state index contributed by atoms with van der Waals surface area (Å²) in [6.07, 6.45) is 1.57. The van der Waals surface area contributed by atoms with Crippen LogP contribution in [-0.2, 0) is 12.0 Å². The molecule has 4 nitrogen and oxygen atoms in total. The molecular formula is C19H22N2O2. The minimum atomic E-state index is -0.695. The molecule has 0 fully saturated rings. The zero-order chi connectivity index (χ0) is 16.4. The minimum Gasteiger partial charge on any atom is -0.394 e. The standard InChI is InChI=1S/C19H22N2O2/c1-13-7-8-17(14(2)11-13)20-18(23)21-19(12-22)10-9-15-5-3-4-6-16(15)19/h3-8,11,22H,9-10,12H2,1-2H3,(H2,20,21,23). The van der Waals surface area contributed by atoms with E-state index in [1.54, 1.807) is 0 Å². The topological polar surface area (TPSA) is 61.4 Å². The Morgan fingerprint density at radius 3 is 2.74 bits per heavy atom. The smallest absolute Gasteiger partial charge is 0.320 e. The fraction of sp³-hybridized carbons (Fsp3) is 0.316. The maximum atomic E-state index is 12.4. The number of aliphatic hydroxyl groups excluding tert-OH is 1. The molecule has 1 atom stereocenters. The summed E-state index contributed by atoms with van der Waals surface area (Å²) < 4.78 is 0. The Bertz CT molecular complexity index is 742. The molecule has 0 bridgehead atoms. The van der Waals surface area contributed by atoms with Crippen molar-refractivity contribution < 1.29 is 9.90 Å². The Kier molecular flexibility index (Phi) is 4.09. The molecule has 0 radical (unpaired) electrons. The molecule has 1 unspecified atom stereocenters. The van der Waals surface area contributed by atoms with Gasteiger partial charge in [0, 0.05) is 5.69 Å². The molecule has 3 N–H and O–H groups in total. The fourth-order valence-corrected chi connectivity index (χ4v) is 3.35. The highest BCUT2D eigenvalue weighted by atomic mass is 16.3. The lowest BCUT2D eigenvalue weighted by atomic mass is 9.93. The first kappa shape index (κ1) is 15.6. The van der Waals surface area contributed by atoms with Crippen molar-refractivity contribution in [2.24, 2.45) is 0 Å². The van der Waals surface area contributed by atoms with Gasteiger partial charge in [0.15, 0.2) is 0 Å². The van der Waals surface area contributed by atoms with Crippen molar-refractivity contribution in [3.63, 3.8) is 0 Å². The molecule has 23 heavy (non-hydrogen) atoms. The molecule has 120 valence electrons. The van der Waals surface area contributed by atoms with Gasteiger partial charge in [-0.25, -0.2) is 4.79 Å². The van der Waals surface area contributed by atoms with Crippen LogP contribution in [0.15, 0.2) is 42.5 Å². The van der Waals surface area contributed by atoms with Gasteiger partial charge >= 0.3 is 6.03 Å². The largest absolute Gasteiger partial charge is 0.394 e. The van der Waals surface area contributed by atoms with Crippen LogP contribution in [0.3, 0.4) is 0 Å². The molecule has 3 rings (SSSR count). The third-order valence-electron chi connectivity index (χ3n) is 4.61. The van der Waals surface area contributed by atoms with Gasteiger partial charge in [-0.15, -0.1) is 0 Å². The minimum absolute atomic E-state index is 0.107. The molecule has 4 heteroatoms. The second kappa shape index (κ2) is 6.05. The number of nitrogens with one attached hydrogen (secondary N) is 2. The highest BCUT2D eigenvalue weighted by Crippen LogP contribution is 2.36. The van der Waals surface area contributed by atoms with E-state index in [4.69, 9.17) is 0 Å². The van der Waals surface area contributed by atoms with Crippen molar-refractivity contribution in [3.05, 3.63) is 64.7 Å². The molecule has 0 spiro atoms. The number of aryl methyl sites for hydroxylation is 3. The van der Waals surface area contributed by atoms with E-state index >= 15 is 0 Å². The van der Waals surface area contributed by atoms with E-state index in [9.17, 15) is 9.90 Å². The Labute approximate surface area is 136 Å². The molecular weight excluding hydrogens is 288 g/mol. The van der Waals surface area contributed by atoms with Gasteiger partial charge in [-0.2, -0.15) is 0 Å². The molecule has 0 heterocycles. The van der Waals surface area contributed by atoms with E-state index in [0.717, 1.165) is 28.8 Å². The first-order chi connectivity index (χ1) is 11.0. The monoisotopic (exact) mass is 310 g/mol. The molecule has 2 aromatic rings. The molecule has 0 aromatic heterocycles. The number of fused-ring (bicyclic) bond motifs is 1. The first-order valence-electron chi connectivity index (χ1n) is 7.90. The van der Waals surface area contributed by atoms with Gasteiger partial charge < -0.3 is 15.7 Å². The Morgan fingerprint density at radius 1 is 1.22 bits per heavy atom. The molecule has 0 saturated heterocycles. The van der Waals surface area contributed by atoms with E-state index < -0.39 is 5.54 Å². The third kappa shape index (κ3) is 2.94. The van der Waals surface area contributed by atoms with Gasteiger partial charge in [0.2, 0.25) is 0 Å². The summed E-state index contributed by atoms with van der Waals surface area (Å²) >= 11 is 0. The molecule has 1 aliphatic rings. The predicted molar refractivity (Wildman–Crippen MR) is 91.6 cm³/mol. The number of aliphatic hydroxyl groups is 1. The van der Waals surface area contributed by atoms with Crippen molar-refractivity contribution in [2.45, 2.75) is 32.2 Å². The lowest BCUT2D eigenvalue weighted by molar-refractivity contribution is 0.164. The molecule has 2 amide bonds. The highest BCUT2D eigenvalue weighted by Gasteiger charge is 2.39. The van der Waals surface area contributed by atoms with Crippen LogP contribution in [0.4, 0.5) is 10.5 Å². The number of carbonyl (C=O) groups excluding carboxylic acids is 1. The van der Waals surface area contributed by atoms with Crippen LogP contribution in [0.25, 0.3) is 0 Å². The van der Waals surface area contributed by atoms with Crippen molar-refractivity contribution in [3.8, 4) is 0 Å². The summed E-state index contributed by atoms with van der Waals surface area (Å²) in [5.41, 5.74) is 4.47. The number of amides is 2. The third-order valence-corrected chi connectivity index (χ3v) is 4.61. The number of urea groups is 1. The Morgan fingerprint density at radius 2 is 2.00 bits per heavy atom. The van der Waals surface area contributed by atoms with Gasteiger partial charge in [0.25, 0.3) is 0 Å². The quantitative estimate of drug-likeness (QED) is 0.815. The summed E-state index contributed by atoms with van der Waals surface area (Å²) in [6.45, 7) is 3.88. The van der Waals surface area contributed by atoms with E-state index in [2.05, 4.69) is 16.7 Å². The van der Waals surface area contributed by atoms with Crippen LogP contribution in [0.1, 0.15) is 28.7 Å². The van der Waals surface area contributed by atoms with Crippen molar-refractivity contribution >= 4 is 11.7 Å². The SMILES string of the molecule is Cc1ccc(NC(=O)NC2(CO)CCc3ccccc32)c(C)c1. The summed E-state index contributed by atoms with van der Waals surface area (Å²) in [5, 5.41) is 15.8. The molecule has 2 aromatic carbocycles. The number of hydrogen-bond acceptors (Lipinski definition) is 2. The van der Waals surface area contributed by atoms with Crippen LogP contribution in [-0.4, -0.2) is 17.7 Å². The van der Waals surface area contributed by atoms with Crippen molar-refractivity contribution in [1.82, 2.24) is 5.32 Å². The van der Waals surface area contributed by atoms with Crippen LogP contribution in [0, 0.1) is 13.8 Å². The zero-order valence-corrected chi connectivity index (χ0v) is 13.5. The number of benzene rings is 2. The van der Waals surface area contributed by atoms with E-state index in [1.165, 1.54) is 5.56 Å². The van der Waals surface area contributed by atoms with Gasteiger partial charge in [0.05, 0.1) is 12.1 Å². The van der Waals surface area contributed by atoms with Gasteiger partial charge in [-0.3, -0.25) is 0 Å². The number of anilines is 1. The number of carbonyl (C=O) groups is 1. The van der Waals surface area contributed by atoms with Crippen LogP contribution in [0.5, 0.6) is 0 Å². The number of hydrogen-bond donors (Lipinski definition) is 3. The summed E-state index contributed by atoms with van der Waals surface area (Å²) in [4.78, 5) is 12.4. The average Bonchev–Trinajstić information content (AvgIpc) is 2.90. The van der Waals surface area contributed by atoms with Crippen LogP contribution < -0.4 is 10.6 Å². The van der Waals surface area contributed by atoms with E-state index in [1.807, 2.05) is 50.2 Å². The van der Waals surface area contributed by atoms with Crippen molar-refractivity contribution in [2.75, 3.05) is 11.9 Å². The zero-order valence-electron chi connectivity index (χ0n) is 13.5. The second-order valence-corrected chi connectivity index (χ2v) is 6.29. The maximum absolute atomic E-state index is 12.4. The molecule has 0 saturated carbocycles. The van der Waals surface area contributed by atoms with Gasteiger partial charge in [0.1, 0.15) is 0 Å². The van der Waals surface area contributed by atoms with Crippen LogP contribution >= 0.6 is 0 Å². The van der Waals surface area contributed by atoms with Gasteiger partial charge in [-0.05, 0) is 49.4 Å². The summed E-state index contributed by atoms with van der Waals surface area (Å²) in [7, 11) is 0. The normalized spacial score (nSPS) is 19.3. The summed E-state index contributed by atoms with van der Waals surface area (Å²) in [5.74, 6) is 0. The second-order valence-electron chi connectivity index (χ2n) is 6.29. The van der Waals surface area contributed by atoms with E-state index in [-0.39, 0.29) is 12.6 Å². The summed E-state index contributed by atoms with van der Waals surface area (Å²) in [6, 6.07) is 13.6. The van der Waals surface area contributed by atoms with Gasteiger partial charge in [-0.1, -0.05) is 42.0 Å². The lowest BCUT2D eigenvalue weighted by Crippen LogP contribution is -2.49. The maximum Gasteiger partial charge on any atom is 0.320 e. The Hall–Kier alpha value is -2.33. The average molecular weight is 310 g/mol. The van der Waals surface area contributed by atoms with E-state index in [0.29, 0.717) is 6.42 Å². The first-order valence-corrected chi connectivity index (χ1v) is 7.90. The fourth-order valence-electron chi connectivity index (χ4n) is 3.35. The predicted octanol–water partition coefficient (Wildman–Crippen LogP) is 3.26. The van der Waals surface area contributed by atoms with Crippen LogP contribution in [0.2, 0.25) is 0 Å². The van der Waals surface area contributed by atoms with Crippen molar-refractivity contribution in [1.29, 1.82) is 0 Å². The highest BCUT2D eigenvalue weighted by molar-refractivity contribution is 5.90. The lowest BCUT2D eigenvalue weighted by Gasteiger charge is -2.29. The number of rotatable bonds is 3. The molecule has 1 aliphatic carbocycles.